The Labute approximate surface area is 104 Å². The summed E-state index contributed by atoms with van der Waals surface area (Å²) in [4.78, 5) is 15.9. The molecule has 1 amide bonds. The molecule has 17 heavy (non-hydrogen) atoms. The van der Waals surface area contributed by atoms with Crippen molar-refractivity contribution in [3.8, 4) is 0 Å². The lowest BCUT2D eigenvalue weighted by atomic mass is 10.1. The van der Waals surface area contributed by atoms with Gasteiger partial charge in [0.25, 0.3) is 0 Å². The number of ether oxygens (including phenoxy) is 1. The summed E-state index contributed by atoms with van der Waals surface area (Å²) >= 11 is 0. The maximum Gasteiger partial charge on any atom is 0.250 e. The molecule has 1 rings (SSSR count). The van der Waals surface area contributed by atoms with Crippen LogP contribution in [0.1, 0.15) is 13.8 Å². The Morgan fingerprint density at radius 1 is 1.41 bits per heavy atom. The fraction of sp³-hybridized carbons (Fsp3) is 0.769. The molecule has 0 aromatic rings. The minimum absolute atomic E-state index is 0.0470. The largest absolute Gasteiger partial charge is 0.378 e. The molecule has 0 atom stereocenters. The summed E-state index contributed by atoms with van der Waals surface area (Å²) in [5.74, 6) is 0.528. The molecule has 0 bridgehead atoms. The summed E-state index contributed by atoms with van der Waals surface area (Å²) in [6, 6.07) is 0.440. The van der Waals surface area contributed by atoms with Gasteiger partial charge in [-0.25, -0.2) is 0 Å². The van der Waals surface area contributed by atoms with E-state index in [2.05, 4.69) is 25.3 Å². The highest BCUT2D eigenvalue weighted by Crippen LogP contribution is 2.11. The smallest absolute Gasteiger partial charge is 0.250 e. The molecule has 1 heterocycles. The fourth-order valence-electron chi connectivity index (χ4n) is 1.88. The third kappa shape index (κ3) is 4.13. The average molecular weight is 240 g/mol. The number of hydrogen-bond donors (Lipinski definition) is 0. The van der Waals surface area contributed by atoms with E-state index in [0.717, 1.165) is 19.8 Å². The van der Waals surface area contributed by atoms with Crippen LogP contribution in [0.3, 0.4) is 0 Å². The molecule has 1 fully saturated rings. The molecule has 0 N–H and O–H groups in total. The van der Waals surface area contributed by atoms with Crippen LogP contribution in [0.5, 0.6) is 0 Å². The summed E-state index contributed by atoms with van der Waals surface area (Å²) in [6.45, 7) is 11.0. The van der Waals surface area contributed by atoms with Gasteiger partial charge >= 0.3 is 0 Å². The van der Waals surface area contributed by atoms with Crippen LogP contribution in [-0.4, -0.2) is 62.1 Å². The van der Waals surface area contributed by atoms with Crippen molar-refractivity contribution in [3.63, 3.8) is 0 Å². The highest BCUT2D eigenvalue weighted by Gasteiger charge is 2.25. The quantitative estimate of drug-likeness (QED) is 0.649. The monoisotopic (exact) mass is 240 g/mol. The van der Waals surface area contributed by atoms with Gasteiger partial charge in [0.2, 0.25) is 5.91 Å². The summed E-state index contributed by atoms with van der Waals surface area (Å²) < 4.78 is 5.13. The van der Waals surface area contributed by atoms with E-state index in [0.29, 0.717) is 24.1 Å². The number of hydrogen-bond acceptors (Lipinski definition) is 3. The van der Waals surface area contributed by atoms with Crippen molar-refractivity contribution in [1.82, 2.24) is 9.80 Å². The molecule has 0 unspecified atom stereocenters. The summed E-state index contributed by atoms with van der Waals surface area (Å²) in [6.07, 6.45) is 0. The molecule has 4 nitrogen and oxygen atoms in total. The highest BCUT2D eigenvalue weighted by atomic mass is 16.5. The van der Waals surface area contributed by atoms with Crippen LogP contribution < -0.4 is 0 Å². The number of likely N-dealkylation sites (N-methyl/N-ethyl adjacent to an activating group) is 2. The Morgan fingerprint density at radius 3 is 2.41 bits per heavy atom. The van der Waals surface area contributed by atoms with Gasteiger partial charge in [-0.05, 0) is 13.0 Å². The van der Waals surface area contributed by atoms with Gasteiger partial charge in [-0.2, -0.15) is 0 Å². The van der Waals surface area contributed by atoms with Gasteiger partial charge in [0.1, 0.15) is 0 Å². The van der Waals surface area contributed by atoms with Gasteiger partial charge in [-0.3, -0.25) is 9.69 Å². The van der Waals surface area contributed by atoms with Crippen LogP contribution in [0.25, 0.3) is 0 Å². The van der Waals surface area contributed by atoms with E-state index in [1.165, 1.54) is 0 Å². The Hall–Kier alpha value is -0.870. The molecule has 0 saturated carbocycles. The summed E-state index contributed by atoms with van der Waals surface area (Å²) in [5.41, 5.74) is 0.655. The molecule has 0 aliphatic carbocycles. The van der Waals surface area contributed by atoms with Crippen LogP contribution >= 0.6 is 0 Å². The molecule has 0 radical (unpaired) electrons. The third-order valence-electron chi connectivity index (χ3n) is 2.97. The van der Waals surface area contributed by atoms with Crippen LogP contribution in [0.4, 0.5) is 0 Å². The maximum absolute atomic E-state index is 12.0. The van der Waals surface area contributed by atoms with Crippen LogP contribution in [-0.2, 0) is 9.53 Å². The van der Waals surface area contributed by atoms with E-state index in [9.17, 15) is 4.79 Å². The van der Waals surface area contributed by atoms with Gasteiger partial charge in [0, 0.05) is 25.7 Å². The normalized spacial score (nSPS) is 16.1. The highest BCUT2D eigenvalue weighted by molar-refractivity contribution is 5.93. The molecule has 4 heteroatoms. The molecular formula is C13H24N2O2. The van der Waals surface area contributed by atoms with E-state index in [1.54, 1.807) is 4.90 Å². The Kier molecular flexibility index (Phi) is 5.15. The second-order valence-corrected chi connectivity index (χ2v) is 5.29. The lowest BCUT2D eigenvalue weighted by molar-refractivity contribution is -0.127. The maximum atomic E-state index is 12.0. The first-order chi connectivity index (χ1) is 7.91. The summed E-state index contributed by atoms with van der Waals surface area (Å²) in [7, 11) is 3.84. The molecule has 1 aliphatic heterocycles. The van der Waals surface area contributed by atoms with Crippen molar-refractivity contribution in [2.24, 2.45) is 5.92 Å². The predicted molar refractivity (Wildman–Crippen MR) is 68.9 cm³/mol. The third-order valence-corrected chi connectivity index (χ3v) is 2.97. The molecule has 98 valence electrons. The van der Waals surface area contributed by atoms with Crippen molar-refractivity contribution >= 4 is 5.91 Å². The van der Waals surface area contributed by atoms with Gasteiger partial charge in [0.05, 0.1) is 19.3 Å². The molecule has 1 aliphatic rings. The first kappa shape index (κ1) is 14.2. The first-order valence-corrected chi connectivity index (χ1v) is 6.13. The Balaban J connectivity index is 2.37. The number of carbonyl (C=O) groups excluding carboxylic acids is 1. The molecule has 0 spiro atoms. The number of rotatable bonds is 6. The van der Waals surface area contributed by atoms with E-state index in [-0.39, 0.29) is 5.91 Å². The molecule has 0 aromatic heterocycles. The van der Waals surface area contributed by atoms with Crippen molar-refractivity contribution in [3.05, 3.63) is 12.2 Å². The lowest BCUT2D eigenvalue weighted by Crippen LogP contribution is -2.48. The van der Waals surface area contributed by atoms with Gasteiger partial charge in [0.15, 0.2) is 0 Å². The standard InChI is InChI=1S/C13H24N2O2/c1-10(2)6-15(5)13(16)11(3)7-14(4)12-8-17-9-12/h10,12H,3,6-9H2,1-2,4-5H3. The van der Waals surface area contributed by atoms with E-state index in [4.69, 9.17) is 4.74 Å². The van der Waals surface area contributed by atoms with Gasteiger partial charge in [-0.1, -0.05) is 20.4 Å². The van der Waals surface area contributed by atoms with E-state index < -0.39 is 0 Å². The summed E-state index contributed by atoms with van der Waals surface area (Å²) in [5, 5.41) is 0. The minimum atomic E-state index is 0.0470. The average Bonchev–Trinajstić information content (AvgIpc) is 2.12. The van der Waals surface area contributed by atoms with Crippen molar-refractivity contribution in [2.75, 3.05) is 40.4 Å². The minimum Gasteiger partial charge on any atom is -0.378 e. The SMILES string of the molecule is C=C(CN(C)C1COC1)C(=O)N(C)CC(C)C. The predicted octanol–water partition coefficient (Wildman–Crippen LogP) is 0.988. The Morgan fingerprint density at radius 2 is 2.00 bits per heavy atom. The van der Waals surface area contributed by atoms with Crippen molar-refractivity contribution in [1.29, 1.82) is 0 Å². The molecule has 0 aromatic carbocycles. The van der Waals surface area contributed by atoms with E-state index >= 15 is 0 Å². The number of amides is 1. The van der Waals surface area contributed by atoms with Gasteiger partial charge in [-0.15, -0.1) is 0 Å². The van der Waals surface area contributed by atoms with Crippen LogP contribution in [0, 0.1) is 5.92 Å². The zero-order chi connectivity index (χ0) is 13.0. The van der Waals surface area contributed by atoms with Crippen molar-refractivity contribution in [2.45, 2.75) is 19.9 Å². The molecule has 1 saturated heterocycles. The second-order valence-electron chi connectivity index (χ2n) is 5.29. The first-order valence-electron chi connectivity index (χ1n) is 6.13. The van der Waals surface area contributed by atoms with E-state index in [1.807, 2.05) is 14.1 Å². The van der Waals surface area contributed by atoms with Gasteiger partial charge < -0.3 is 9.64 Å². The number of carbonyl (C=O) groups is 1. The topological polar surface area (TPSA) is 32.8 Å². The van der Waals surface area contributed by atoms with Crippen LogP contribution in [0.2, 0.25) is 0 Å². The molecular weight excluding hydrogens is 216 g/mol. The fourth-order valence-corrected chi connectivity index (χ4v) is 1.88. The van der Waals surface area contributed by atoms with Crippen molar-refractivity contribution < 1.29 is 9.53 Å². The second kappa shape index (κ2) is 6.17. The zero-order valence-electron chi connectivity index (χ0n) is 11.4. The Bertz CT molecular complexity index is 285. The van der Waals surface area contributed by atoms with Crippen LogP contribution in [0.15, 0.2) is 12.2 Å². The lowest BCUT2D eigenvalue weighted by Gasteiger charge is -2.35. The number of nitrogens with zero attached hydrogens (tertiary/aromatic N) is 2. The zero-order valence-corrected chi connectivity index (χ0v) is 11.4.